The first kappa shape index (κ1) is 14.8. The Labute approximate surface area is 106 Å². The first-order valence-corrected chi connectivity index (χ1v) is 4.33. The quantitative estimate of drug-likeness (QED) is 0.884. The highest BCUT2D eigenvalue weighted by Crippen LogP contribution is 2.10. The maximum atomic E-state index is 5.61. The lowest BCUT2D eigenvalue weighted by Crippen LogP contribution is -2.08. The number of nitrogens with zero attached hydrogens (tertiary/aromatic N) is 4. The van der Waals surface area contributed by atoms with E-state index in [4.69, 9.17) is 5.73 Å². The summed E-state index contributed by atoms with van der Waals surface area (Å²) in [6.07, 6.45) is 3.09. The fourth-order valence-electron chi connectivity index (χ4n) is 1.25. The summed E-state index contributed by atoms with van der Waals surface area (Å²) in [5.74, 6) is 0.755. The monoisotopic (exact) mass is 261 g/mol. The van der Waals surface area contributed by atoms with Crippen LogP contribution >= 0.6 is 24.8 Å². The van der Waals surface area contributed by atoms with E-state index in [1.807, 2.05) is 19.1 Å². The fourth-order valence-corrected chi connectivity index (χ4v) is 1.25. The lowest BCUT2D eigenvalue weighted by molar-refractivity contribution is 0.816. The van der Waals surface area contributed by atoms with Crippen molar-refractivity contribution in [2.45, 2.75) is 13.5 Å². The van der Waals surface area contributed by atoms with Crippen LogP contribution < -0.4 is 5.73 Å². The number of rotatable bonds is 2. The highest BCUT2D eigenvalue weighted by molar-refractivity contribution is 5.85. The number of nitrogens with two attached hydrogens (primary N) is 1. The van der Waals surface area contributed by atoms with E-state index in [1.165, 1.54) is 6.33 Å². The third-order valence-electron chi connectivity index (χ3n) is 1.95. The number of aromatic nitrogens is 4. The van der Waals surface area contributed by atoms with E-state index < -0.39 is 0 Å². The van der Waals surface area contributed by atoms with Gasteiger partial charge in [0.1, 0.15) is 12.7 Å². The van der Waals surface area contributed by atoms with Crippen LogP contribution in [0.4, 0.5) is 0 Å². The molecule has 0 saturated heterocycles. The molecule has 2 rings (SSSR count). The molecule has 16 heavy (non-hydrogen) atoms. The van der Waals surface area contributed by atoms with Crippen LogP contribution in [0.5, 0.6) is 0 Å². The lowest BCUT2D eigenvalue weighted by Gasteiger charge is -2.06. The zero-order valence-electron chi connectivity index (χ0n) is 8.70. The Balaban J connectivity index is 0.00000112. The molecule has 0 atom stereocenters. The van der Waals surface area contributed by atoms with Gasteiger partial charge in [0.2, 0.25) is 0 Å². The van der Waals surface area contributed by atoms with Crippen molar-refractivity contribution in [2.75, 3.05) is 0 Å². The molecule has 0 saturated carbocycles. The zero-order chi connectivity index (χ0) is 9.97. The van der Waals surface area contributed by atoms with Crippen molar-refractivity contribution in [3.05, 3.63) is 36.0 Å². The van der Waals surface area contributed by atoms with Gasteiger partial charge in [-0.3, -0.25) is 0 Å². The summed E-state index contributed by atoms with van der Waals surface area (Å²) in [6.45, 7) is 2.38. The molecule has 0 unspecified atom stereocenters. The van der Waals surface area contributed by atoms with Crippen molar-refractivity contribution in [2.24, 2.45) is 5.73 Å². The minimum Gasteiger partial charge on any atom is -0.326 e. The first-order valence-electron chi connectivity index (χ1n) is 4.33. The molecule has 2 heterocycles. The summed E-state index contributed by atoms with van der Waals surface area (Å²) >= 11 is 0. The van der Waals surface area contributed by atoms with Crippen LogP contribution in [0.3, 0.4) is 0 Å². The second kappa shape index (κ2) is 6.42. The highest BCUT2D eigenvalue weighted by atomic mass is 35.5. The van der Waals surface area contributed by atoms with Crippen LogP contribution in [-0.2, 0) is 6.54 Å². The standard InChI is InChI=1S/C9H11N5.2ClH/c1-7-2-3-8(4-10)9(13-7)14-6-11-5-12-14;;/h2-3,5-6H,4,10H2,1H3;2*1H. The molecule has 2 N–H and O–H groups in total. The maximum absolute atomic E-state index is 5.61. The first-order chi connectivity index (χ1) is 6.81. The highest BCUT2D eigenvalue weighted by Gasteiger charge is 2.05. The molecule has 0 amide bonds. The Morgan fingerprint density at radius 3 is 2.62 bits per heavy atom. The average molecular weight is 262 g/mol. The third-order valence-corrected chi connectivity index (χ3v) is 1.95. The van der Waals surface area contributed by atoms with E-state index in [9.17, 15) is 0 Å². The predicted octanol–water partition coefficient (Wildman–Crippen LogP) is 1.27. The van der Waals surface area contributed by atoms with Crippen molar-refractivity contribution >= 4 is 24.8 Å². The van der Waals surface area contributed by atoms with Crippen molar-refractivity contribution < 1.29 is 0 Å². The number of hydrogen-bond acceptors (Lipinski definition) is 4. The normalized spacial score (nSPS) is 9.12. The molecule has 2 aromatic rings. The Bertz CT molecular complexity index is 429. The van der Waals surface area contributed by atoms with Gasteiger partial charge < -0.3 is 5.73 Å². The molecule has 0 radical (unpaired) electrons. The van der Waals surface area contributed by atoms with Gasteiger partial charge in [0, 0.05) is 17.8 Å². The summed E-state index contributed by atoms with van der Waals surface area (Å²) in [5, 5.41) is 4.02. The third kappa shape index (κ3) is 2.91. The van der Waals surface area contributed by atoms with Gasteiger partial charge in [0.25, 0.3) is 0 Å². The summed E-state index contributed by atoms with van der Waals surface area (Å²) in [7, 11) is 0. The molecule has 0 bridgehead atoms. The van der Waals surface area contributed by atoms with Crippen molar-refractivity contribution in [3.8, 4) is 5.82 Å². The van der Waals surface area contributed by atoms with Crippen LogP contribution in [0.15, 0.2) is 24.8 Å². The second-order valence-corrected chi connectivity index (χ2v) is 2.98. The Morgan fingerprint density at radius 1 is 1.31 bits per heavy atom. The van der Waals surface area contributed by atoms with E-state index in [0.29, 0.717) is 6.54 Å². The van der Waals surface area contributed by atoms with Gasteiger partial charge in [-0.2, -0.15) is 5.10 Å². The van der Waals surface area contributed by atoms with Gasteiger partial charge in [-0.25, -0.2) is 14.6 Å². The van der Waals surface area contributed by atoms with E-state index in [0.717, 1.165) is 17.1 Å². The Hall–Kier alpha value is -1.17. The number of aryl methyl sites for hydroxylation is 1. The number of pyridine rings is 1. The lowest BCUT2D eigenvalue weighted by atomic mass is 10.2. The van der Waals surface area contributed by atoms with Crippen molar-refractivity contribution in [3.63, 3.8) is 0 Å². The van der Waals surface area contributed by atoms with Crippen LogP contribution in [0.2, 0.25) is 0 Å². The van der Waals surface area contributed by atoms with E-state index in [-0.39, 0.29) is 24.8 Å². The van der Waals surface area contributed by atoms with Gasteiger partial charge in [0.05, 0.1) is 0 Å². The summed E-state index contributed by atoms with van der Waals surface area (Å²) in [5.41, 5.74) is 7.50. The molecule has 0 aromatic carbocycles. The molecule has 0 aliphatic heterocycles. The molecule has 0 spiro atoms. The predicted molar refractivity (Wildman–Crippen MR) is 66.3 cm³/mol. The average Bonchev–Trinajstić information content (AvgIpc) is 2.70. The van der Waals surface area contributed by atoms with Crippen LogP contribution in [0, 0.1) is 6.92 Å². The minimum atomic E-state index is 0. The minimum absolute atomic E-state index is 0. The maximum Gasteiger partial charge on any atom is 0.159 e. The van der Waals surface area contributed by atoms with Crippen LogP contribution in [0.25, 0.3) is 5.82 Å². The van der Waals surface area contributed by atoms with Gasteiger partial charge in [-0.15, -0.1) is 24.8 Å². The smallest absolute Gasteiger partial charge is 0.159 e. The molecule has 88 valence electrons. The van der Waals surface area contributed by atoms with Crippen molar-refractivity contribution in [1.82, 2.24) is 19.7 Å². The molecule has 0 aliphatic carbocycles. The molecule has 0 fully saturated rings. The van der Waals surface area contributed by atoms with Gasteiger partial charge >= 0.3 is 0 Å². The topological polar surface area (TPSA) is 69.6 Å². The molecule has 5 nitrogen and oxygen atoms in total. The zero-order valence-corrected chi connectivity index (χ0v) is 10.3. The SMILES string of the molecule is Cc1ccc(CN)c(-n2cncn2)n1.Cl.Cl. The molecule has 0 aliphatic rings. The van der Waals surface area contributed by atoms with E-state index in [2.05, 4.69) is 15.1 Å². The number of halogens is 2. The van der Waals surface area contributed by atoms with Gasteiger partial charge in [-0.1, -0.05) is 6.07 Å². The molecular formula is C9H13Cl2N5. The van der Waals surface area contributed by atoms with Crippen LogP contribution in [-0.4, -0.2) is 19.7 Å². The number of hydrogen-bond donors (Lipinski definition) is 1. The summed E-state index contributed by atoms with van der Waals surface area (Å²) < 4.78 is 1.62. The van der Waals surface area contributed by atoms with E-state index in [1.54, 1.807) is 11.0 Å². The molecular weight excluding hydrogens is 249 g/mol. The van der Waals surface area contributed by atoms with Gasteiger partial charge in [0.15, 0.2) is 5.82 Å². The Kier molecular flexibility index (Phi) is 5.95. The summed E-state index contributed by atoms with van der Waals surface area (Å²) in [4.78, 5) is 8.24. The second-order valence-electron chi connectivity index (χ2n) is 2.98. The van der Waals surface area contributed by atoms with Crippen LogP contribution in [0.1, 0.15) is 11.3 Å². The van der Waals surface area contributed by atoms with Gasteiger partial charge in [-0.05, 0) is 13.0 Å². The Morgan fingerprint density at radius 2 is 2.06 bits per heavy atom. The fraction of sp³-hybridized carbons (Fsp3) is 0.222. The van der Waals surface area contributed by atoms with E-state index >= 15 is 0 Å². The summed E-state index contributed by atoms with van der Waals surface area (Å²) in [6, 6.07) is 3.89. The molecule has 7 heteroatoms. The molecule has 2 aromatic heterocycles. The largest absolute Gasteiger partial charge is 0.326 e. The van der Waals surface area contributed by atoms with Crippen molar-refractivity contribution in [1.29, 1.82) is 0 Å².